The first kappa shape index (κ1) is 16.0. The van der Waals surface area contributed by atoms with Crippen molar-refractivity contribution in [2.45, 2.75) is 13.1 Å². The van der Waals surface area contributed by atoms with E-state index in [2.05, 4.69) is 41.7 Å². The third-order valence-electron chi connectivity index (χ3n) is 3.19. The third kappa shape index (κ3) is 5.86. The Bertz CT molecular complexity index is 533. The predicted molar refractivity (Wildman–Crippen MR) is 87.0 cm³/mol. The van der Waals surface area contributed by atoms with Gasteiger partial charge < -0.3 is 4.84 Å². The summed E-state index contributed by atoms with van der Waals surface area (Å²) in [6.45, 7) is 3.04. The van der Waals surface area contributed by atoms with Gasteiger partial charge in [0.1, 0.15) is 0 Å². The fraction of sp³-hybridized carbons (Fsp3) is 0.294. The van der Waals surface area contributed by atoms with Gasteiger partial charge in [0.15, 0.2) is 0 Å². The first-order chi connectivity index (χ1) is 10.3. The molecule has 0 saturated heterocycles. The average Bonchev–Trinajstić information content (AvgIpc) is 2.50. The molecule has 0 unspecified atom stereocenters. The lowest BCUT2D eigenvalue weighted by Crippen LogP contribution is -2.26. The lowest BCUT2D eigenvalue weighted by Gasteiger charge is -2.16. The maximum Gasteiger partial charge on any atom is 0.0809 e. The summed E-state index contributed by atoms with van der Waals surface area (Å²) in [5, 5.41) is 0.759. The van der Waals surface area contributed by atoms with Crippen molar-refractivity contribution in [3.8, 4) is 0 Å². The highest BCUT2D eigenvalue weighted by Crippen LogP contribution is 2.14. The van der Waals surface area contributed by atoms with Crippen molar-refractivity contribution >= 4 is 11.6 Å². The van der Waals surface area contributed by atoms with Gasteiger partial charge in [0.05, 0.1) is 6.61 Å². The molecule has 2 rings (SSSR count). The molecule has 3 nitrogen and oxygen atoms in total. The lowest BCUT2D eigenvalue weighted by molar-refractivity contribution is 0.0246. The van der Waals surface area contributed by atoms with E-state index in [1.807, 2.05) is 30.3 Å². The molecule has 0 heterocycles. The largest absolute Gasteiger partial charge is 0.300 e. The lowest BCUT2D eigenvalue weighted by atomic mass is 10.2. The molecule has 21 heavy (non-hydrogen) atoms. The molecule has 0 aromatic heterocycles. The van der Waals surface area contributed by atoms with E-state index in [4.69, 9.17) is 16.4 Å². The van der Waals surface area contributed by atoms with Crippen LogP contribution in [0.25, 0.3) is 0 Å². The van der Waals surface area contributed by atoms with E-state index in [1.54, 1.807) is 0 Å². The third-order valence-corrected chi connectivity index (χ3v) is 3.56. The van der Waals surface area contributed by atoms with Crippen LogP contribution in [0.3, 0.4) is 0 Å². The molecule has 0 amide bonds. The fourth-order valence-corrected chi connectivity index (χ4v) is 2.22. The number of rotatable bonds is 8. The zero-order valence-electron chi connectivity index (χ0n) is 12.3. The monoisotopic (exact) mass is 304 g/mol. The number of halogens is 1. The van der Waals surface area contributed by atoms with Crippen LogP contribution in [0, 0.1) is 0 Å². The summed E-state index contributed by atoms with van der Waals surface area (Å²) in [4.78, 5) is 7.68. The van der Waals surface area contributed by atoms with E-state index in [1.165, 1.54) is 5.56 Å². The minimum atomic E-state index is 0.613. The molecule has 0 spiro atoms. The summed E-state index contributed by atoms with van der Waals surface area (Å²) < 4.78 is 0. The van der Waals surface area contributed by atoms with E-state index >= 15 is 0 Å². The Morgan fingerprint density at radius 1 is 1.05 bits per heavy atom. The van der Waals surface area contributed by atoms with Crippen LogP contribution >= 0.6 is 11.6 Å². The van der Waals surface area contributed by atoms with Crippen molar-refractivity contribution in [1.29, 1.82) is 0 Å². The van der Waals surface area contributed by atoms with Crippen LogP contribution in [0.4, 0.5) is 0 Å². The maximum absolute atomic E-state index is 6.07. The molecule has 2 aromatic carbocycles. The van der Waals surface area contributed by atoms with Gasteiger partial charge in [0, 0.05) is 24.7 Å². The van der Waals surface area contributed by atoms with Crippen LogP contribution in [0.15, 0.2) is 54.6 Å². The van der Waals surface area contributed by atoms with E-state index in [0.29, 0.717) is 13.2 Å². The summed E-state index contributed by atoms with van der Waals surface area (Å²) in [5.41, 5.74) is 5.30. The molecular weight excluding hydrogens is 284 g/mol. The van der Waals surface area contributed by atoms with Crippen LogP contribution in [0.5, 0.6) is 0 Å². The molecule has 1 N–H and O–H groups in total. The molecule has 0 aliphatic rings. The molecule has 0 fully saturated rings. The standard InChI is InChI=1S/C17H21ClN2O/c1-20(14-15-7-3-2-4-8-15)11-12-21-19-13-16-9-5-6-10-17(16)18/h2-10,19H,11-14H2,1H3. The van der Waals surface area contributed by atoms with Crippen LogP contribution in [-0.4, -0.2) is 25.1 Å². The first-order valence-corrected chi connectivity index (χ1v) is 7.44. The molecule has 112 valence electrons. The SMILES string of the molecule is CN(CCONCc1ccccc1Cl)Cc1ccccc1. The average molecular weight is 305 g/mol. The van der Waals surface area contributed by atoms with Crippen molar-refractivity contribution in [1.82, 2.24) is 10.4 Å². The molecule has 0 bridgehead atoms. The normalized spacial score (nSPS) is 11.0. The Morgan fingerprint density at radius 2 is 1.76 bits per heavy atom. The van der Waals surface area contributed by atoms with Gasteiger partial charge in [-0.3, -0.25) is 4.90 Å². The van der Waals surface area contributed by atoms with Gasteiger partial charge in [-0.15, -0.1) is 0 Å². The van der Waals surface area contributed by atoms with E-state index in [-0.39, 0.29) is 0 Å². The highest BCUT2D eigenvalue weighted by atomic mass is 35.5. The van der Waals surface area contributed by atoms with E-state index < -0.39 is 0 Å². The van der Waals surface area contributed by atoms with Gasteiger partial charge in [-0.25, -0.2) is 0 Å². The van der Waals surface area contributed by atoms with Crippen LogP contribution in [-0.2, 0) is 17.9 Å². The zero-order chi connectivity index (χ0) is 14.9. The van der Waals surface area contributed by atoms with E-state index in [0.717, 1.165) is 23.7 Å². The minimum Gasteiger partial charge on any atom is -0.300 e. The number of benzene rings is 2. The number of nitrogens with one attached hydrogen (secondary N) is 1. The van der Waals surface area contributed by atoms with Crippen LogP contribution in [0.2, 0.25) is 5.02 Å². The Hall–Kier alpha value is -1.39. The summed E-state index contributed by atoms with van der Waals surface area (Å²) >= 11 is 6.07. The zero-order valence-corrected chi connectivity index (χ0v) is 13.0. The van der Waals surface area contributed by atoms with Gasteiger partial charge >= 0.3 is 0 Å². The van der Waals surface area contributed by atoms with Crippen LogP contribution < -0.4 is 5.48 Å². The second-order valence-corrected chi connectivity index (χ2v) is 5.39. The molecule has 0 aliphatic carbocycles. The molecule has 2 aromatic rings. The van der Waals surface area contributed by atoms with Gasteiger partial charge in [0.2, 0.25) is 0 Å². The molecule has 0 radical (unpaired) electrons. The van der Waals surface area contributed by atoms with Crippen molar-refractivity contribution < 1.29 is 4.84 Å². The van der Waals surface area contributed by atoms with Gasteiger partial charge in [0.25, 0.3) is 0 Å². The Labute approximate surface area is 131 Å². The predicted octanol–water partition coefficient (Wildman–Crippen LogP) is 3.49. The second-order valence-electron chi connectivity index (χ2n) is 4.98. The van der Waals surface area contributed by atoms with Crippen molar-refractivity contribution in [3.05, 3.63) is 70.7 Å². The maximum atomic E-state index is 6.07. The minimum absolute atomic E-state index is 0.613. The Morgan fingerprint density at radius 3 is 2.52 bits per heavy atom. The number of nitrogens with zero attached hydrogens (tertiary/aromatic N) is 1. The van der Waals surface area contributed by atoms with Crippen molar-refractivity contribution in [2.24, 2.45) is 0 Å². The number of likely N-dealkylation sites (N-methyl/N-ethyl adjacent to an activating group) is 1. The summed E-state index contributed by atoms with van der Waals surface area (Å²) in [5.74, 6) is 0. The number of hydrogen-bond acceptors (Lipinski definition) is 3. The van der Waals surface area contributed by atoms with Gasteiger partial charge in [-0.1, -0.05) is 60.1 Å². The Kier molecular flexibility index (Phi) is 6.70. The molecule has 0 saturated carbocycles. The van der Waals surface area contributed by atoms with E-state index in [9.17, 15) is 0 Å². The van der Waals surface area contributed by atoms with Gasteiger partial charge in [-0.05, 0) is 24.2 Å². The summed E-state index contributed by atoms with van der Waals surface area (Å²) in [6, 6.07) is 18.2. The smallest absolute Gasteiger partial charge is 0.0809 e. The highest BCUT2D eigenvalue weighted by molar-refractivity contribution is 6.31. The molecule has 0 aliphatic heterocycles. The molecule has 4 heteroatoms. The summed E-state index contributed by atoms with van der Waals surface area (Å²) in [7, 11) is 2.09. The van der Waals surface area contributed by atoms with Crippen LogP contribution in [0.1, 0.15) is 11.1 Å². The second kappa shape index (κ2) is 8.80. The first-order valence-electron chi connectivity index (χ1n) is 7.06. The number of hydrogen-bond donors (Lipinski definition) is 1. The highest BCUT2D eigenvalue weighted by Gasteiger charge is 2.01. The fourth-order valence-electron chi connectivity index (χ4n) is 2.02. The Balaban J connectivity index is 1.60. The van der Waals surface area contributed by atoms with Gasteiger partial charge in [-0.2, -0.15) is 5.48 Å². The van der Waals surface area contributed by atoms with Crippen molar-refractivity contribution in [3.63, 3.8) is 0 Å². The topological polar surface area (TPSA) is 24.5 Å². The number of hydroxylamine groups is 1. The molecule has 0 atom stereocenters. The van der Waals surface area contributed by atoms with Crippen molar-refractivity contribution in [2.75, 3.05) is 20.2 Å². The summed E-state index contributed by atoms with van der Waals surface area (Å²) in [6.07, 6.45) is 0. The molecular formula is C17H21ClN2O. The quantitative estimate of drug-likeness (QED) is 0.597.